The fraction of sp³-hybridized carbons (Fsp3) is 0.611. The van der Waals surface area contributed by atoms with E-state index in [9.17, 15) is 4.79 Å². The molecule has 1 aliphatic rings. The van der Waals surface area contributed by atoms with Crippen molar-refractivity contribution in [3.8, 4) is 0 Å². The molecular formula is C18H29N3O. The minimum Gasteiger partial charge on any atom is -0.339 e. The molecule has 2 unspecified atom stereocenters. The lowest BCUT2D eigenvalue weighted by Crippen LogP contribution is -2.42. The van der Waals surface area contributed by atoms with E-state index in [0.717, 1.165) is 32.6 Å². The van der Waals surface area contributed by atoms with E-state index in [4.69, 9.17) is 0 Å². The van der Waals surface area contributed by atoms with E-state index in [2.05, 4.69) is 59.3 Å². The van der Waals surface area contributed by atoms with Crippen molar-refractivity contribution >= 4 is 5.91 Å². The summed E-state index contributed by atoms with van der Waals surface area (Å²) in [5, 5.41) is 3.06. The largest absolute Gasteiger partial charge is 0.339 e. The Kier molecular flexibility index (Phi) is 6.40. The van der Waals surface area contributed by atoms with Crippen molar-refractivity contribution in [1.82, 2.24) is 15.1 Å². The number of likely N-dealkylation sites (tertiary alicyclic amines) is 1. The van der Waals surface area contributed by atoms with Gasteiger partial charge in [0, 0.05) is 44.7 Å². The molecular weight excluding hydrogens is 274 g/mol. The number of nitrogens with one attached hydrogen (secondary N) is 1. The van der Waals surface area contributed by atoms with Gasteiger partial charge >= 0.3 is 0 Å². The molecule has 1 aliphatic heterocycles. The van der Waals surface area contributed by atoms with Crippen LogP contribution in [0.25, 0.3) is 0 Å². The van der Waals surface area contributed by atoms with Crippen LogP contribution in [0.4, 0.5) is 0 Å². The van der Waals surface area contributed by atoms with Crippen LogP contribution in [0.15, 0.2) is 30.3 Å². The van der Waals surface area contributed by atoms with Crippen molar-refractivity contribution in [2.24, 2.45) is 0 Å². The molecule has 2 rings (SSSR count). The minimum absolute atomic E-state index is 0.274. The van der Waals surface area contributed by atoms with E-state index in [0.29, 0.717) is 18.5 Å². The molecule has 1 saturated heterocycles. The number of nitrogens with zero attached hydrogens (tertiary/aromatic N) is 2. The first-order chi connectivity index (χ1) is 10.7. The Balaban J connectivity index is 1.94. The number of hydrogen-bond acceptors (Lipinski definition) is 3. The number of hydrogen-bond donors (Lipinski definition) is 1. The van der Waals surface area contributed by atoms with Crippen molar-refractivity contribution < 1.29 is 4.79 Å². The molecule has 0 saturated carbocycles. The molecule has 1 amide bonds. The molecule has 1 N–H and O–H groups in total. The van der Waals surface area contributed by atoms with Gasteiger partial charge in [0.15, 0.2) is 0 Å². The maximum Gasteiger partial charge on any atom is 0.224 e. The summed E-state index contributed by atoms with van der Waals surface area (Å²) in [7, 11) is 1.89. The predicted octanol–water partition coefficient (Wildman–Crippen LogP) is 2.28. The van der Waals surface area contributed by atoms with Crippen LogP contribution in [0.1, 0.15) is 38.3 Å². The number of amides is 1. The van der Waals surface area contributed by atoms with Crippen LogP contribution < -0.4 is 5.32 Å². The van der Waals surface area contributed by atoms with Gasteiger partial charge in [-0.25, -0.2) is 0 Å². The molecule has 1 aromatic rings. The van der Waals surface area contributed by atoms with E-state index in [-0.39, 0.29) is 5.91 Å². The minimum atomic E-state index is 0.274. The SMILES string of the molecule is CCN(C(=O)CCNC)C1CCN(C(C)c2ccccc2)C1. The van der Waals surface area contributed by atoms with Crippen LogP contribution in [0, 0.1) is 0 Å². The third-order valence-electron chi connectivity index (χ3n) is 4.72. The smallest absolute Gasteiger partial charge is 0.224 e. The molecule has 1 fully saturated rings. The first kappa shape index (κ1) is 17.0. The summed E-state index contributed by atoms with van der Waals surface area (Å²) < 4.78 is 0. The van der Waals surface area contributed by atoms with Gasteiger partial charge in [0.2, 0.25) is 5.91 Å². The Morgan fingerprint density at radius 3 is 2.77 bits per heavy atom. The highest BCUT2D eigenvalue weighted by Crippen LogP contribution is 2.26. The second-order valence-corrected chi connectivity index (χ2v) is 6.06. The van der Waals surface area contributed by atoms with Crippen molar-refractivity contribution in [2.45, 2.75) is 38.8 Å². The number of benzene rings is 1. The summed E-state index contributed by atoms with van der Waals surface area (Å²) in [6.07, 6.45) is 1.67. The molecule has 0 aromatic heterocycles. The maximum absolute atomic E-state index is 12.3. The molecule has 2 atom stereocenters. The van der Waals surface area contributed by atoms with Gasteiger partial charge in [-0.2, -0.15) is 0 Å². The quantitative estimate of drug-likeness (QED) is 0.839. The summed E-state index contributed by atoms with van der Waals surface area (Å²) in [5.41, 5.74) is 1.35. The van der Waals surface area contributed by atoms with Gasteiger partial charge in [-0.05, 0) is 32.9 Å². The standard InChI is InChI=1S/C18H29N3O/c1-4-21(18(22)10-12-19-3)17-11-13-20(14-17)15(2)16-8-6-5-7-9-16/h5-9,15,17,19H,4,10-14H2,1-3H3. The molecule has 0 aliphatic carbocycles. The molecule has 1 heterocycles. The van der Waals surface area contributed by atoms with Crippen LogP contribution in [0.3, 0.4) is 0 Å². The zero-order valence-corrected chi connectivity index (χ0v) is 14.1. The Morgan fingerprint density at radius 2 is 2.14 bits per heavy atom. The van der Waals surface area contributed by atoms with Crippen molar-refractivity contribution in [2.75, 3.05) is 33.2 Å². The lowest BCUT2D eigenvalue weighted by Gasteiger charge is -2.30. The maximum atomic E-state index is 12.3. The number of likely N-dealkylation sites (N-methyl/N-ethyl adjacent to an activating group) is 1. The second-order valence-electron chi connectivity index (χ2n) is 6.06. The first-order valence-electron chi connectivity index (χ1n) is 8.40. The van der Waals surface area contributed by atoms with Gasteiger partial charge in [0.25, 0.3) is 0 Å². The third-order valence-corrected chi connectivity index (χ3v) is 4.72. The topological polar surface area (TPSA) is 35.6 Å². The van der Waals surface area contributed by atoms with Crippen molar-refractivity contribution in [3.63, 3.8) is 0 Å². The Bertz CT molecular complexity index is 463. The zero-order valence-electron chi connectivity index (χ0n) is 14.1. The molecule has 4 heteroatoms. The van der Waals surface area contributed by atoms with Crippen molar-refractivity contribution in [3.05, 3.63) is 35.9 Å². The first-order valence-corrected chi connectivity index (χ1v) is 8.40. The van der Waals surface area contributed by atoms with E-state index < -0.39 is 0 Å². The van der Waals surface area contributed by atoms with Crippen molar-refractivity contribution in [1.29, 1.82) is 0 Å². The van der Waals surface area contributed by atoms with Crippen LogP contribution >= 0.6 is 0 Å². The highest BCUT2D eigenvalue weighted by molar-refractivity contribution is 5.76. The van der Waals surface area contributed by atoms with E-state index in [1.807, 2.05) is 7.05 Å². The molecule has 22 heavy (non-hydrogen) atoms. The van der Waals surface area contributed by atoms with E-state index >= 15 is 0 Å². The number of carbonyl (C=O) groups is 1. The molecule has 0 radical (unpaired) electrons. The molecule has 4 nitrogen and oxygen atoms in total. The highest BCUT2D eigenvalue weighted by Gasteiger charge is 2.31. The van der Waals surface area contributed by atoms with Gasteiger partial charge in [-0.1, -0.05) is 30.3 Å². The van der Waals surface area contributed by atoms with E-state index in [1.165, 1.54) is 5.56 Å². The molecule has 0 spiro atoms. The lowest BCUT2D eigenvalue weighted by molar-refractivity contribution is -0.133. The predicted molar refractivity (Wildman–Crippen MR) is 90.8 cm³/mol. The Hall–Kier alpha value is -1.39. The number of carbonyl (C=O) groups excluding carboxylic acids is 1. The monoisotopic (exact) mass is 303 g/mol. The average molecular weight is 303 g/mol. The molecule has 0 bridgehead atoms. The van der Waals surface area contributed by atoms with Crippen LogP contribution in [-0.2, 0) is 4.79 Å². The Labute approximate surface area is 134 Å². The fourth-order valence-electron chi connectivity index (χ4n) is 3.33. The highest BCUT2D eigenvalue weighted by atomic mass is 16.2. The fourth-order valence-corrected chi connectivity index (χ4v) is 3.33. The molecule has 1 aromatic carbocycles. The summed E-state index contributed by atoms with van der Waals surface area (Å²) >= 11 is 0. The van der Waals surface area contributed by atoms with Gasteiger partial charge in [-0.15, -0.1) is 0 Å². The zero-order chi connectivity index (χ0) is 15.9. The summed E-state index contributed by atoms with van der Waals surface area (Å²) in [5.74, 6) is 0.274. The molecule has 122 valence electrons. The summed E-state index contributed by atoms with van der Waals surface area (Å²) in [4.78, 5) is 16.9. The average Bonchev–Trinajstić information content (AvgIpc) is 3.03. The van der Waals surface area contributed by atoms with Gasteiger partial charge in [0.1, 0.15) is 0 Å². The third kappa shape index (κ3) is 4.08. The van der Waals surface area contributed by atoms with Gasteiger partial charge in [0.05, 0.1) is 0 Å². The Morgan fingerprint density at radius 1 is 1.41 bits per heavy atom. The van der Waals surface area contributed by atoms with E-state index in [1.54, 1.807) is 0 Å². The van der Waals surface area contributed by atoms with Crippen LogP contribution in [0.2, 0.25) is 0 Å². The van der Waals surface area contributed by atoms with Gasteiger partial charge in [-0.3, -0.25) is 9.69 Å². The van der Waals surface area contributed by atoms with Gasteiger partial charge < -0.3 is 10.2 Å². The van der Waals surface area contributed by atoms with Crippen LogP contribution in [0.5, 0.6) is 0 Å². The lowest BCUT2D eigenvalue weighted by atomic mass is 10.1. The second kappa shape index (κ2) is 8.30. The summed E-state index contributed by atoms with van der Waals surface area (Å²) in [6.45, 7) is 7.95. The summed E-state index contributed by atoms with van der Waals surface area (Å²) in [6, 6.07) is 11.4. The number of rotatable bonds is 7. The normalized spacial score (nSPS) is 20.0. The van der Waals surface area contributed by atoms with Crippen LogP contribution in [-0.4, -0.2) is 55.0 Å².